The first kappa shape index (κ1) is 20.7. The first-order valence-electron chi connectivity index (χ1n) is 11.2. The highest BCUT2D eigenvalue weighted by molar-refractivity contribution is 5.97. The van der Waals surface area contributed by atoms with Gasteiger partial charge in [0.2, 0.25) is 17.7 Å². The SMILES string of the molecule is O=C(CCC(=O)N1CCOc2ccccc21)N1CCC(C(=O)N2CCCCC2)CC1. The molecule has 1 aromatic rings. The molecule has 0 bridgehead atoms. The highest BCUT2D eigenvalue weighted by Crippen LogP contribution is 2.31. The van der Waals surface area contributed by atoms with Gasteiger partial charge in [-0.25, -0.2) is 0 Å². The zero-order valence-electron chi connectivity index (χ0n) is 17.6. The van der Waals surface area contributed by atoms with E-state index < -0.39 is 0 Å². The minimum atomic E-state index is -0.0470. The molecule has 0 unspecified atom stereocenters. The minimum Gasteiger partial charge on any atom is -0.490 e. The summed E-state index contributed by atoms with van der Waals surface area (Å²) in [5.74, 6) is 0.980. The van der Waals surface area contributed by atoms with Crippen LogP contribution in [0.4, 0.5) is 5.69 Å². The van der Waals surface area contributed by atoms with Crippen LogP contribution in [0.3, 0.4) is 0 Å². The van der Waals surface area contributed by atoms with Crippen molar-refractivity contribution < 1.29 is 19.1 Å². The monoisotopic (exact) mass is 413 g/mol. The van der Waals surface area contributed by atoms with Crippen LogP contribution in [0.2, 0.25) is 0 Å². The molecule has 3 amide bonds. The zero-order chi connectivity index (χ0) is 20.9. The molecule has 3 heterocycles. The molecule has 1 aromatic carbocycles. The van der Waals surface area contributed by atoms with Gasteiger partial charge >= 0.3 is 0 Å². The Kier molecular flexibility index (Phi) is 6.55. The number of benzene rings is 1. The van der Waals surface area contributed by atoms with Crippen LogP contribution in [-0.2, 0) is 14.4 Å². The van der Waals surface area contributed by atoms with Gasteiger partial charge in [-0.2, -0.15) is 0 Å². The van der Waals surface area contributed by atoms with Gasteiger partial charge < -0.3 is 19.4 Å². The maximum atomic E-state index is 12.7. The number of rotatable bonds is 4. The summed E-state index contributed by atoms with van der Waals surface area (Å²) in [7, 11) is 0. The molecule has 0 spiro atoms. The quantitative estimate of drug-likeness (QED) is 0.760. The van der Waals surface area contributed by atoms with Gasteiger partial charge in [0, 0.05) is 44.9 Å². The average Bonchev–Trinajstić information content (AvgIpc) is 2.82. The van der Waals surface area contributed by atoms with Crippen molar-refractivity contribution in [2.24, 2.45) is 5.92 Å². The molecule has 30 heavy (non-hydrogen) atoms. The molecular weight excluding hydrogens is 382 g/mol. The Morgan fingerprint density at radius 2 is 1.53 bits per heavy atom. The number of amides is 3. The molecular formula is C23H31N3O4. The van der Waals surface area contributed by atoms with E-state index in [2.05, 4.69) is 0 Å². The lowest BCUT2D eigenvalue weighted by molar-refractivity contribution is -0.141. The number of piperidine rings is 2. The molecule has 162 valence electrons. The van der Waals surface area contributed by atoms with E-state index in [1.807, 2.05) is 34.1 Å². The van der Waals surface area contributed by atoms with Crippen molar-refractivity contribution in [2.45, 2.75) is 44.9 Å². The van der Waals surface area contributed by atoms with Gasteiger partial charge in [-0.15, -0.1) is 0 Å². The third-order valence-electron chi connectivity index (χ3n) is 6.45. The number of carbonyl (C=O) groups is 3. The van der Waals surface area contributed by atoms with Crippen molar-refractivity contribution in [1.82, 2.24) is 9.80 Å². The number of fused-ring (bicyclic) bond motifs is 1. The van der Waals surface area contributed by atoms with Gasteiger partial charge in [0.15, 0.2) is 0 Å². The van der Waals surface area contributed by atoms with Crippen LogP contribution in [0.1, 0.15) is 44.9 Å². The minimum absolute atomic E-state index is 0.00812. The van der Waals surface area contributed by atoms with Crippen LogP contribution in [-0.4, -0.2) is 66.9 Å². The maximum absolute atomic E-state index is 12.7. The van der Waals surface area contributed by atoms with E-state index in [1.165, 1.54) is 6.42 Å². The average molecular weight is 414 g/mol. The Morgan fingerprint density at radius 3 is 2.30 bits per heavy atom. The second-order valence-corrected chi connectivity index (χ2v) is 8.40. The molecule has 0 aromatic heterocycles. The van der Waals surface area contributed by atoms with E-state index >= 15 is 0 Å². The van der Waals surface area contributed by atoms with Crippen molar-refractivity contribution in [3.63, 3.8) is 0 Å². The van der Waals surface area contributed by atoms with Crippen LogP contribution in [0.15, 0.2) is 24.3 Å². The smallest absolute Gasteiger partial charge is 0.227 e. The third kappa shape index (κ3) is 4.60. The number of para-hydroxylation sites is 2. The summed E-state index contributed by atoms with van der Waals surface area (Å²) in [5.41, 5.74) is 0.776. The summed E-state index contributed by atoms with van der Waals surface area (Å²) < 4.78 is 5.60. The van der Waals surface area contributed by atoms with Gasteiger partial charge in [-0.3, -0.25) is 14.4 Å². The van der Waals surface area contributed by atoms with Crippen LogP contribution >= 0.6 is 0 Å². The zero-order valence-corrected chi connectivity index (χ0v) is 17.6. The van der Waals surface area contributed by atoms with Crippen LogP contribution < -0.4 is 9.64 Å². The Hall–Kier alpha value is -2.57. The number of likely N-dealkylation sites (tertiary alicyclic amines) is 2. The fourth-order valence-corrected chi connectivity index (χ4v) is 4.68. The Morgan fingerprint density at radius 1 is 0.833 bits per heavy atom. The van der Waals surface area contributed by atoms with Crippen molar-refractivity contribution in [1.29, 1.82) is 0 Å². The lowest BCUT2D eigenvalue weighted by Crippen LogP contribution is -2.46. The second kappa shape index (κ2) is 9.49. The molecule has 3 aliphatic rings. The Bertz CT molecular complexity index is 782. The topological polar surface area (TPSA) is 70.2 Å². The van der Waals surface area contributed by atoms with E-state index in [4.69, 9.17) is 4.74 Å². The lowest BCUT2D eigenvalue weighted by Gasteiger charge is -2.35. The first-order chi connectivity index (χ1) is 14.6. The number of anilines is 1. The van der Waals surface area contributed by atoms with E-state index in [-0.39, 0.29) is 36.5 Å². The Labute approximate surface area is 177 Å². The standard InChI is InChI=1S/C23H31N3O4/c27-21(8-9-22(28)26-16-17-30-20-7-3-2-6-19(20)26)24-14-10-18(11-15-24)23(29)25-12-4-1-5-13-25/h2-3,6-7,18H,1,4-5,8-17H2. The summed E-state index contributed by atoms with van der Waals surface area (Å²) in [5, 5.41) is 0. The number of hydrogen-bond donors (Lipinski definition) is 0. The van der Waals surface area contributed by atoms with Crippen LogP contribution in [0.25, 0.3) is 0 Å². The van der Waals surface area contributed by atoms with Crippen molar-refractivity contribution in [3.05, 3.63) is 24.3 Å². The van der Waals surface area contributed by atoms with E-state index in [0.29, 0.717) is 32.0 Å². The fraction of sp³-hybridized carbons (Fsp3) is 0.609. The number of ether oxygens (including phenoxy) is 1. The molecule has 0 saturated carbocycles. The highest BCUT2D eigenvalue weighted by atomic mass is 16.5. The third-order valence-corrected chi connectivity index (χ3v) is 6.45. The predicted octanol–water partition coefficient (Wildman–Crippen LogP) is 2.44. The van der Waals surface area contributed by atoms with E-state index in [0.717, 1.165) is 44.5 Å². The molecule has 2 saturated heterocycles. The van der Waals surface area contributed by atoms with E-state index in [9.17, 15) is 14.4 Å². The highest BCUT2D eigenvalue weighted by Gasteiger charge is 2.31. The predicted molar refractivity (Wildman–Crippen MR) is 113 cm³/mol. The molecule has 4 rings (SSSR count). The van der Waals surface area contributed by atoms with Crippen LogP contribution in [0.5, 0.6) is 5.75 Å². The fourth-order valence-electron chi connectivity index (χ4n) is 4.68. The molecule has 0 radical (unpaired) electrons. The summed E-state index contributed by atoms with van der Waals surface area (Å²) in [6, 6.07) is 7.50. The van der Waals surface area contributed by atoms with Gasteiger partial charge in [0.1, 0.15) is 12.4 Å². The molecule has 0 N–H and O–H groups in total. The maximum Gasteiger partial charge on any atom is 0.227 e. The molecule has 0 atom stereocenters. The number of carbonyl (C=O) groups excluding carboxylic acids is 3. The summed E-state index contributed by atoms with van der Waals surface area (Å²) >= 11 is 0. The molecule has 7 nitrogen and oxygen atoms in total. The van der Waals surface area contributed by atoms with Crippen molar-refractivity contribution in [3.8, 4) is 5.75 Å². The van der Waals surface area contributed by atoms with Crippen molar-refractivity contribution in [2.75, 3.05) is 44.2 Å². The van der Waals surface area contributed by atoms with Gasteiger partial charge in [0.25, 0.3) is 0 Å². The normalized spacial score (nSPS) is 19.8. The van der Waals surface area contributed by atoms with Gasteiger partial charge in [0.05, 0.1) is 12.2 Å². The van der Waals surface area contributed by atoms with Gasteiger partial charge in [-0.05, 0) is 44.2 Å². The summed E-state index contributed by atoms with van der Waals surface area (Å²) in [6.45, 7) is 3.95. The first-order valence-corrected chi connectivity index (χ1v) is 11.2. The largest absolute Gasteiger partial charge is 0.490 e. The molecule has 3 aliphatic heterocycles. The second-order valence-electron chi connectivity index (χ2n) is 8.40. The molecule has 7 heteroatoms. The number of nitrogens with zero attached hydrogens (tertiary/aromatic N) is 3. The van der Waals surface area contributed by atoms with E-state index in [1.54, 1.807) is 4.90 Å². The number of hydrogen-bond acceptors (Lipinski definition) is 4. The molecule has 2 fully saturated rings. The van der Waals surface area contributed by atoms with Crippen LogP contribution in [0, 0.1) is 5.92 Å². The summed E-state index contributed by atoms with van der Waals surface area (Å²) in [6.07, 6.45) is 5.28. The Balaban J connectivity index is 1.24. The van der Waals surface area contributed by atoms with Gasteiger partial charge in [-0.1, -0.05) is 12.1 Å². The lowest BCUT2D eigenvalue weighted by atomic mass is 9.94. The molecule has 0 aliphatic carbocycles. The summed E-state index contributed by atoms with van der Waals surface area (Å²) in [4.78, 5) is 43.6. The van der Waals surface area contributed by atoms with Crippen molar-refractivity contribution >= 4 is 23.4 Å².